The molecule has 0 radical (unpaired) electrons. The van der Waals surface area contributed by atoms with Crippen LogP contribution in [0.4, 0.5) is 0 Å². The molecule has 5 rings (SSSR count). The summed E-state index contributed by atoms with van der Waals surface area (Å²) in [4.78, 5) is 30.6. The van der Waals surface area contributed by atoms with E-state index in [-0.39, 0.29) is 11.8 Å². The lowest BCUT2D eigenvalue weighted by atomic mass is 9.89. The van der Waals surface area contributed by atoms with Crippen molar-refractivity contribution in [3.05, 3.63) is 70.8 Å². The number of amides is 1. The second-order valence-corrected chi connectivity index (χ2v) is 10.2. The SMILES string of the molecule is O=C(c1ccccc1)C1CCCCN(C2CN(C(=O)c3ccc4c(c3)CCCC4)C2)CCC1. The first-order chi connectivity index (χ1) is 16.2. The summed E-state index contributed by atoms with van der Waals surface area (Å²) in [7, 11) is 0. The summed E-state index contributed by atoms with van der Waals surface area (Å²) in [6.45, 7) is 3.78. The molecule has 1 unspecified atom stereocenters. The maximum atomic E-state index is 13.0. The number of carbonyl (C=O) groups excluding carboxylic acids is 2. The molecule has 3 aliphatic rings. The van der Waals surface area contributed by atoms with E-state index in [0.29, 0.717) is 11.8 Å². The zero-order valence-electron chi connectivity index (χ0n) is 19.7. The Kier molecular flexibility index (Phi) is 6.91. The van der Waals surface area contributed by atoms with Crippen molar-refractivity contribution < 1.29 is 9.59 Å². The molecule has 2 aromatic rings. The van der Waals surface area contributed by atoms with Gasteiger partial charge in [-0.05, 0) is 87.7 Å². The van der Waals surface area contributed by atoms with Crippen LogP contribution < -0.4 is 0 Å². The highest BCUT2D eigenvalue weighted by Gasteiger charge is 2.35. The highest BCUT2D eigenvalue weighted by molar-refractivity contribution is 5.97. The van der Waals surface area contributed by atoms with Gasteiger partial charge in [0.2, 0.25) is 0 Å². The minimum absolute atomic E-state index is 0.149. The van der Waals surface area contributed by atoms with Crippen molar-refractivity contribution in [2.24, 2.45) is 5.92 Å². The number of fused-ring (bicyclic) bond motifs is 1. The Bertz CT molecular complexity index is 980. The van der Waals surface area contributed by atoms with E-state index in [2.05, 4.69) is 17.0 Å². The number of benzene rings is 2. The van der Waals surface area contributed by atoms with Gasteiger partial charge in [0.15, 0.2) is 5.78 Å². The zero-order chi connectivity index (χ0) is 22.6. The third-order valence-corrected chi connectivity index (χ3v) is 7.94. The molecule has 2 aromatic carbocycles. The maximum absolute atomic E-state index is 13.0. The van der Waals surface area contributed by atoms with Gasteiger partial charge in [-0.1, -0.05) is 42.8 Å². The Balaban J connectivity index is 1.13. The van der Waals surface area contributed by atoms with Crippen molar-refractivity contribution in [2.75, 3.05) is 26.2 Å². The molecule has 1 atom stereocenters. The molecule has 4 heteroatoms. The number of likely N-dealkylation sites (tertiary alicyclic amines) is 1. The van der Waals surface area contributed by atoms with Crippen molar-refractivity contribution in [3.8, 4) is 0 Å². The van der Waals surface area contributed by atoms with Gasteiger partial charge in [-0.2, -0.15) is 0 Å². The van der Waals surface area contributed by atoms with Gasteiger partial charge in [0, 0.05) is 36.2 Å². The van der Waals surface area contributed by atoms with Crippen LogP contribution in [0.15, 0.2) is 48.5 Å². The summed E-state index contributed by atoms with van der Waals surface area (Å²) < 4.78 is 0. The van der Waals surface area contributed by atoms with Gasteiger partial charge in [-0.3, -0.25) is 14.5 Å². The molecule has 1 amide bonds. The molecular formula is C29H36N2O2. The van der Waals surface area contributed by atoms with Crippen LogP contribution in [-0.4, -0.2) is 53.7 Å². The van der Waals surface area contributed by atoms with Gasteiger partial charge in [0.1, 0.15) is 0 Å². The van der Waals surface area contributed by atoms with Crippen molar-refractivity contribution in [3.63, 3.8) is 0 Å². The Hall–Kier alpha value is -2.46. The Labute approximate surface area is 198 Å². The van der Waals surface area contributed by atoms with Gasteiger partial charge in [-0.15, -0.1) is 0 Å². The van der Waals surface area contributed by atoms with Crippen LogP contribution in [0, 0.1) is 5.92 Å². The van der Waals surface area contributed by atoms with E-state index >= 15 is 0 Å². The highest BCUT2D eigenvalue weighted by atomic mass is 16.2. The van der Waals surface area contributed by atoms with Gasteiger partial charge in [0.25, 0.3) is 5.91 Å². The molecule has 2 aliphatic heterocycles. The first-order valence-corrected chi connectivity index (χ1v) is 12.9. The predicted molar refractivity (Wildman–Crippen MR) is 132 cm³/mol. The summed E-state index contributed by atoms with van der Waals surface area (Å²) >= 11 is 0. The molecule has 4 nitrogen and oxygen atoms in total. The first-order valence-electron chi connectivity index (χ1n) is 12.9. The standard InChI is InChI=1S/C29H36N2O2/c32-28(23-10-2-1-3-11-23)24-12-6-7-17-30(18-8-14-24)27-20-31(21-27)29(33)26-16-15-22-9-4-5-13-25(22)19-26/h1-3,10-11,15-16,19,24,27H,4-9,12-14,17-18,20-21H2. The van der Waals surface area contributed by atoms with Crippen molar-refractivity contribution in [2.45, 2.75) is 63.8 Å². The molecule has 0 bridgehead atoms. The molecule has 1 aliphatic carbocycles. The zero-order valence-corrected chi connectivity index (χ0v) is 19.7. The largest absolute Gasteiger partial charge is 0.335 e. The second-order valence-electron chi connectivity index (χ2n) is 10.2. The molecule has 2 fully saturated rings. The molecule has 33 heavy (non-hydrogen) atoms. The van der Waals surface area contributed by atoms with Crippen LogP contribution in [0.1, 0.15) is 76.8 Å². The van der Waals surface area contributed by atoms with Crippen LogP contribution in [0.2, 0.25) is 0 Å². The minimum Gasteiger partial charge on any atom is -0.335 e. The third-order valence-electron chi connectivity index (χ3n) is 7.94. The number of Topliss-reactive ketones (excluding diaryl/α,β-unsaturated/α-hetero) is 1. The number of hydrogen-bond acceptors (Lipinski definition) is 3. The quantitative estimate of drug-likeness (QED) is 0.612. The fraction of sp³-hybridized carbons (Fsp3) is 0.517. The first kappa shape index (κ1) is 22.3. The third kappa shape index (κ3) is 5.06. The van der Waals surface area contributed by atoms with E-state index in [0.717, 1.165) is 82.3 Å². The smallest absolute Gasteiger partial charge is 0.253 e. The Morgan fingerprint density at radius 1 is 0.727 bits per heavy atom. The number of hydrogen-bond donors (Lipinski definition) is 0. The number of ketones is 1. The van der Waals surface area contributed by atoms with Crippen molar-refractivity contribution in [1.82, 2.24) is 9.80 Å². The molecule has 0 aromatic heterocycles. The Morgan fingerprint density at radius 2 is 1.45 bits per heavy atom. The fourth-order valence-corrected chi connectivity index (χ4v) is 5.87. The maximum Gasteiger partial charge on any atom is 0.253 e. The molecular weight excluding hydrogens is 408 g/mol. The van der Waals surface area contributed by atoms with Crippen LogP contribution in [0.25, 0.3) is 0 Å². The van der Waals surface area contributed by atoms with Gasteiger partial charge >= 0.3 is 0 Å². The van der Waals surface area contributed by atoms with Crippen LogP contribution >= 0.6 is 0 Å². The van der Waals surface area contributed by atoms with Crippen molar-refractivity contribution >= 4 is 11.7 Å². The van der Waals surface area contributed by atoms with Gasteiger partial charge < -0.3 is 4.90 Å². The number of nitrogens with zero attached hydrogens (tertiary/aromatic N) is 2. The second kappa shape index (κ2) is 10.2. The van der Waals surface area contributed by atoms with Gasteiger partial charge in [0.05, 0.1) is 0 Å². The number of aryl methyl sites for hydroxylation is 2. The molecule has 0 saturated carbocycles. The van der Waals surface area contributed by atoms with Crippen LogP contribution in [0.5, 0.6) is 0 Å². The summed E-state index contributed by atoms with van der Waals surface area (Å²) in [6.07, 6.45) is 10.0. The van der Waals surface area contributed by atoms with E-state index in [1.165, 1.54) is 24.0 Å². The fourth-order valence-electron chi connectivity index (χ4n) is 5.87. The predicted octanol–water partition coefficient (Wildman–Crippen LogP) is 5.16. The molecule has 0 N–H and O–H groups in total. The van der Waals surface area contributed by atoms with E-state index in [1.54, 1.807) is 0 Å². The lowest BCUT2D eigenvalue weighted by molar-refractivity contribution is 0.0256. The number of carbonyl (C=O) groups is 2. The number of rotatable bonds is 4. The van der Waals surface area contributed by atoms with Crippen molar-refractivity contribution in [1.29, 1.82) is 0 Å². The lowest BCUT2D eigenvalue weighted by Gasteiger charge is -2.45. The molecule has 2 saturated heterocycles. The lowest BCUT2D eigenvalue weighted by Crippen LogP contribution is -2.61. The van der Waals surface area contributed by atoms with E-state index in [9.17, 15) is 9.59 Å². The Morgan fingerprint density at radius 3 is 2.27 bits per heavy atom. The topological polar surface area (TPSA) is 40.6 Å². The van der Waals surface area contributed by atoms with Crippen LogP contribution in [0.3, 0.4) is 0 Å². The minimum atomic E-state index is 0.149. The van der Waals surface area contributed by atoms with E-state index < -0.39 is 0 Å². The molecule has 0 spiro atoms. The van der Waals surface area contributed by atoms with Crippen LogP contribution in [-0.2, 0) is 12.8 Å². The summed E-state index contributed by atoms with van der Waals surface area (Å²) in [6, 6.07) is 16.6. The molecule has 174 valence electrons. The highest BCUT2D eigenvalue weighted by Crippen LogP contribution is 2.27. The summed E-state index contributed by atoms with van der Waals surface area (Å²) in [5.41, 5.74) is 4.53. The molecule has 2 heterocycles. The van der Waals surface area contributed by atoms with E-state index in [4.69, 9.17) is 0 Å². The monoisotopic (exact) mass is 444 g/mol. The summed E-state index contributed by atoms with van der Waals surface area (Å²) in [5, 5.41) is 0. The average Bonchev–Trinajstić information content (AvgIpc) is 2.95. The normalized spacial score (nSPS) is 22.4. The summed E-state index contributed by atoms with van der Waals surface area (Å²) in [5.74, 6) is 0.655. The van der Waals surface area contributed by atoms with Gasteiger partial charge in [-0.25, -0.2) is 0 Å². The van der Waals surface area contributed by atoms with E-state index in [1.807, 2.05) is 41.3 Å². The average molecular weight is 445 g/mol.